The number of nitrogens with zero attached hydrogens (tertiary/aromatic N) is 1. The van der Waals surface area contributed by atoms with Gasteiger partial charge in [0, 0.05) is 31.7 Å². The molecule has 5 heteroatoms. The Labute approximate surface area is 138 Å². The number of benzene rings is 1. The summed E-state index contributed by atoms with van der Waals surface area (Å²) >= 11 is 0. The number of amides is 2. The van der Waals surface area contributed by atoms with Gasteiger partial charge in [0.1, 0.15) is 6.04 Å². The number of nitrogens with one attached hydrogen (secondary N) is 2. The first-order chi connectivity index (χ1) is 11.1. The molecule has 2 amide bonds. The van der Waals surface area contributed by atoms with Crippen molar-refractivity contribution in [2.75, 3.05) is 24.5 Å². The zero-order valence-electron chi connectivity index (χ0n) is 14.1. The largest absolute Gasteiger partial charge is 0.370 e. The minimum Gasteiger partial charge on any atom is -0.370 e. The van der Waals surface area contributed by atoms with Gasteiger partial charge in [-0.3, -0.25) is 9.59 Å². The second-order valence-electron chi connectivity index (χ2n) is 6.02. The lowest BCUT2D eigenvalue weighted by Crippen LogP contribution is -2.47. The van der Waals surface area contributed by atoms with Gasteiger partial charge in [-0.2, -0.15) is 0 Å². The number of carbonyl (C=O) groups excluding carboxylic acids is 2. The van der Waals surface area contributed by atoms with Crippen LogP contribution in [-0.4, -0.2) is 37.5 Å². The maximum atomic E-state index is 12.2. The van der Waals surface area contributed by atoms with Gasteiger partial charge >= 0.3 is 0 Å². The predicted molar refractivity (Wildman–Crippen MR) is 92.5 cm³/mol. The van der Waals surface area contributed by atoms with E-state index in [4.69, 9.17) is 0 Å². The van der Waals surface area contributed by atoms with Crippen molar-refractivity contribution in [1.29, 1.82) is 0 Å². The van der Waals surface area contributed by atoms with Gasteiger partial charge in [0.15, 0.2) is 0 Å². The lowest BCUT2D eigenvalue weighted by atomic mass is 10.1. The van der Waals surface area contributed by atoms with Crippen molar-refractivity contribution in [3.63, 3.8) is 0 Å². The normalized spacial score (nSPS) is 18.0. The highest BCUT2D eigenvalue weighted by Crippen LogP contribution is 2.18. The number of likely N-dealkylation sites (N-methyl/N-ethyl adjacent to an activating group) is 1. The van der Waals surface area contributed by atoms with E-state index in [2.05, 4.69) is 41.5 Å². The topological polar surface area (TPSA) is 61.4 Å². The molecule has 0 aromatic heterocycles. The zero-order chi connectivity index (χ0) is 16.7. The molecule has 5 nitrogen and oxygen atoms in total. The first-order valence-electron chi connectivity index (χ1n) is 8.49. The molecule has 0 radical (unpaired) electrons. The fourth-order valence-electron chi connectivity index (χ4n) is 2.97. The van der Waals surface area contributed by atoms with Crippen molar-refractivity contribution in [2.24, 2.45) is 0 Å². The molecule has 2 N–H and O–H groups in total. The number of hydrogen-bond acceptors (Lipinski definition) is 3. The average molecular weight is 317 g/mol. The van der Waals surface area contributed by atoms with Crippen LogP contribution in [0.1, 0.15) is 38.2 Å². The van der Waals surface area contributed by atoms with Crippen molar-refractivity contribution in [1.82, 2.24) is 10.6 Å². The Kier molecular flexibility index (Phi) is 6.44. The fourth-order valence-corrected chi connectivity index (χ4v) is 2.97. The van der Waals surface area contributed by atoms with Crippen LogP contribution < -0.4 is 15.5 Å². The molecule has 0 saturated carbocycles. The van der Waals surface area contributed by atoms with Crippen molar-refractivity contribution >= 4 is 17.5 Å². The van der Waals surface area contributed by atoms with Gasteiger partial charge in [-0.15, -0.1) is 0 Å². The molecule has 1 aliphatic rings. The molecule has 0 spiro atoms. The van der Waals surface area contributed by atoms with E-state index in [1.54, 1.807) is 0 Å². The standard InChI is InChI=1S/C18H27N3O2/c1-3-21(16-10-6-4-8-14(16)2)13-12-19-18(23)15-9-5-7-11-17(22)20-15/h4,6,8,10,15H,3,5,7,9,11-13H2,1-2H3,(H,19,23)(H,20,22). The summed E-state index contributed by atoms with van der Waals surface area (Å²) in [6.07, 6.45) is 3.04. The molecule has 126 valence electrons. The van der Waals surface area contributed by atoms with Gasteiger partial charge in [0.2, 0.25) is 11.8 Å². The third-order valence-electron chi connectivity index (χ3n) is 4.32. The molecule has 0 aliphatic carbocycles. The van der Waals surface area contributed by atoms with Crippen molar-refractivity contribution < 1.29 is 9.59 Å². The summed E-state index contributed by atoms with van der Waals surface area (Å²) in [6.45, 7) is 6.43. The summed E-state index contributed by atoms with van der Waals surface area (Å²) in [4.78, 5) is 26.0. The number of hydrogen-bond donors (Lipinski definition) is 2. The van der Waals surface area contributed by atoms with Crippen LogP contribution >= 0.6 is 0 Å². The SMILES string of the molecule is CCN(CCNC(=O)C1CCCCC(=O)N1)c1ccccc1C. The fraction of sp³-hybridized carbons (Fsp3) is 0.556. The van der Waals surface area contributed by atoms with E-state index < -0.39 is 0 Å². The number of carbonyl (C=O) groups is 2. The van der Waals surface area contributed by atoms with E-state index in [0.717, 1.165) is 32.4 Å². The Hall–Kier alpha value is -2.04. The van der Waals surface area contributed by atoms with Crippen molar-refractivity contribution in [2.45, 2.75) is 45.6 Å². The highest BCUT2D eigenvalue weighted by atomic mass is 16.2. The Morgan fingerprint density at radius 2 is 2.13 bits per heavy atom. The maximum Gasteiger partial charge on any atom is 0.242 e. The number of para-hydroxylation sites is 1. The monoisotopic (exact) mass is 317 g/mol. The van der Waals surface area contributed by atoms with Crippen LogP contribution in [0.5, 0.6) is 0 Å². The molecule has 1 atom stereocenters. The zero-order valence-corrected chi connectivity index (χ0v) is 14.1. The molecule has 1 unspecified atom stereocenters. The minimum atomic E-state index is -0.376. The third-order valence-corrected chi connectivity index (χ3v) is 4.32. The van der Waals surface area contributed by atoms with E-state index >= 15 is 0 Å². The van der Waals surface area contributed by atoms with Gasteiger partial charge < -0.3 is 15.5 Å². The summed E-state index contributed by atoms with van der Waals surface area (Å²) in [5, 5.41) is 5.77. The van der Waals surface area contributed by atoms with Gasteiger partial charge in [-0.25, -0.2) is 0 Å². The van der Waals surface area contributed by atoms with Crippen LogP contribution in [-0.2, 0) is 9.59 Å². The molecular formula is C18H27N3O2. The smallest absolute Gasteiger partial charge is 0.242 e. The van der Waals surface area contributed by atoms with E-state index in [1.165, 1.54) is 11.3 Å². The van der Waals surface area contributed by atoms with Crippen LogP contribution in [0.2, 0.25) is 0 Å². The highest BCUT2D eigenvalue weighted by molar-refractivity contribution is 5.87. The molecular weight excluding hydrogens is 290 g/mol. The van der Waals surface area contributed by atoms with Gasteiger partial charge in [-0.1, -0.05) is 24.6 Å². The van der Waals surface area contributed by atoms with E-state index in [-0.39, 0.29) is 17.9 Å². The first kappa shape index (κ1) is 17.3. The maximum absolute atomic E-state index is 12.2. The first-order valence-corrected chi connectivity index (χ1v) is 8.49. The summed E-state index contributed by atoms with van der Waals surface area (Å²) in [6, 6.07) is 7.89. The molecule has 1 heterocycles. The lowest BCUT2D eigenvalue weighted by Gasteiger charge is -2.25. The third kappa shape index (κ3) is 4.98. The molecule has 1 fully saturated rings. The van der Waals surface area contributed by atoms with Crippen LogP contribution in [0.3, 0.4) is 0 Å². The number of rotatable bonds is 6. The molecule has 2 rings (SSSR count). The number of anilines is 1. The summed E-state index contributed by atoms with van der Waals surface area (Å²) in [7, 11) is 0. The molecule has 1 saturated heterocycles. The average Bonchev–Trinajstić information content (AvgIpc) is 2.77. The van der Waals surface area contributed by atoms with Crippen LogP contribution in [0.4, 0.5) is 5.69 Å². The van der Waals surface area contributed by atoms with E-state index in [1.807, 2.05) is 12.1 Å². The molecule has 23 heavy (non-hydrogen) atoms. The Balaban J connectivity index is 1.84. The van der Waals surface area contributed by atoms with E-state index in [0.29, 0.717) is 13.0 Å². The predicted octanol–water partition coefficient (Wildman–Crippen LogP) is 2.00. The van der Waals surface area contributed by atoms with Crippen LogP contribution in [0.25, 0.3) is 0 Å². The number of aryl methyl sites for hydroxylation is 1. The van der Waals surface area contributed by atoms with Crippen molar-refractivity contribution in [3.8, 4) is 0 Å². The van der Waals surface area contributed by atoms with Crippen molar-refractivity contribution in [3.05, 3.63) is 29.8 Å². The molecule has 1 aliphatic heterocycles. The summed E-state index contributed by atoms with van der Waals surface area (Å²) in [5.41, 5.74) is 2.43. The minimum absolute atomic E-state index is 0.0160. The van der Waals surface area contributed by atoms with Crippen LogP contribution in [0, 0.1) is 6.92 Å². The Morgan fingerprint density at radius 3 is 2.87 bits per heavy atom. The van der Waals surface area contributed by atoms with Gasteiger partial charge in [0.25, 0.3) is 0 Å². The second kappa shape index (κ2) is 8.56. The summed E-state index contributed by atoms with van der Waals surface area (Å²) < 4.78 is 0. The van der Waals surface area contributed by atoms with Crippen LogP contribution in [0.15, 0.2) is 24.3 Å². The molecule has 1 aromatic carbocycles. The lowest BCUT2D eigenvalue weighted by molar-refractivity contribution is -0.128. The van der Waals surface area contributed by atoms with Gasteiger partial charge in [-0.05, 0) is 38.3 Å². The molecule has 1 aromatic rings. The van der Waals surface area contributed by atoms with E-state index in [9.17, 15) is 9.59 Å². The quantitative estimate of drug-likeness (QED) is 0.843. The Morgan fingerprint density at radius 1 is 1.35 bits per heavy atom. The summed E-state index contributed by atoms with van der Waals surface area (Å²) in [5.74, 6) is -0.0844. The molecule has 0 bridgehead atoms. The highest BCUT2D eigenvalue weighted by Gasteiger charge is 2.22. The van der Waals surface area contributed by atoms with Gasteiger partial charge in [0.05, 0.1) is 0 Å². The second-order valence-corrected chi connectivity index (χ2v) is 6.02. The Bertz CT molecular complexity index is 545.